The molecule has 0 bridgehead atoms. The van der Waals surface area contributed by atoms with Crippen LogP contribution in [0, 0.1) is 0 Å². The fourth-order valence-electron chi connectivity index (χ4n) is 2.12. The van der Waals surface area contributed by atoms with Crippen LogP contribution in [-0.4, -0.2) is 18.9 Å². The normalized spacial score (nSPS) is 10.7. The van der Waals surface area contributed by atoms with E-state index in [-0.39, 0.29) is 17.8 Å². The van der Waals surface area contributed by atoms with Crippen molar-refractivity contribution in [3.8, 4) is 5.69 Å². The fourth-order valence-corrected chi connectivity index (χ4v) is 2.12. The first-order valence-electron chi connectivity index (χ1n) is 6.50. The quantitative estimate of drug-likeness (QED) is 0.713. The highest BCUT2D eigenvalue weighted by Crippen LogP contribution is 2.08. The molecule has 0 saturated carbocycles. The molecule has 0 aliphatic rings. The van der Waals surface area contributed by atoms with Gasteiger partial charge in [0.25, 0.3) is 5.56 Å². The van der Waals surface area contributed by atoms with Crippen molar-refractivity contribution in [2.75, 3.05) is 0 Å². The van der Waals surface area contributed by atoms with E-state index < -0.39 is 0 Å². The van der Waals surface area contributed by atoms with Crippen LogP contribution in [0.15, 0.2) is 64.6 Å². The van der Waals surface area contributed by atoms with Crippen LogP contribution in [0.1, 0.15) is 5.56 Å². The lowest BCUT2D eigenvalue weighted by atomic mass is 10.2. The summed E-state index contributed by atoms with van der Waals surface area (Å²) in [7, 11) is 1.62. The van der Waals surface area contributed by atoms with E-state index in [0.29, 0.717) is 0 Å². The molecule has 0 spiro atoms. The van der Waals surface area contributed by atoms with E-state index in [1.165, 1.54) is 21.4 Å². The Morgan fingerprint density at radius 1 is 1.05 bits per heavy atom. The van der Waals surface area contributed by atoms with Crippen molar-refractivity contribution in [3.05, 3.63) is 81.4 Å². The maximum Gasteiger partial charge on any atom is 0.331 e. The van der Waals surface area contributed by atoms with Gasteiger partial charge in [-0.05, 0) is 23.8 Å². The van der Waals surface area contributed by atoms with Crippen molar-refractivity contribution < 1.29 is 0 Å². The fraction of sp³-hybridized carbons (Fsp3) is 0.133. The van der Waals surface area contributed by atoms with E-state index in [0.717, 1.165) is 11.3 Å². The highest BCUT2D eigenvalue weighted by atomic mass is 16.2. The van der Waals surface area contributed by atoms with Crippen LogP contribution < -0.4 is 11.2 Å². The first kappa shape index (κ1) is 13.1. The molecule has 106 valence electrons. The summed E-state index contributed by atoms with van der Waals surface area (Å²) in [5, 5.41) is 4.15. The lowest BCUT2D eigenvalue weighted by Gasteiger charge is -2.07. The second-order valence-corrected chi connectivity index (χ2v) is 4.75. The Bertz CT molecular complexity index is 858. The summed E-state index contributed by atoms with van der Waals surface area (Å²) in [6.45, 7) is 0.256. The number of benzene rings is 1. The van der Waals surface area contributed by atoms with Crippen molar-refractivity contribution >= 4 is 0 Å². The minimum absolute atomic E-state index is 0.256. The maximum atomic E-state index is 12.0. The van der Waals surface area contributed by atoms with E-state index in [4.69, 9.17) is 0 Å². The molecule has 0 fully saturated rings. The van der Waals surface area contributed by atoms with Crippen molar-refractivity contribution in [2.24, 2.45) is 7.05 Å². The summed E-state index contributed by atoms with van der Waals surface area (Å²) >= 11 is 0. The Hall–Kier alpha value is -2.89. The number of aromatic nitrogens is 4. The Labute approximate surface area is 120 Å². The third-order valence-corrected chi connectivity index (χ3v) is 3.29. The van der Waals surface area contributed by atoms with Crippen LogP contribution in [0.25, 0.3) is 5.69 Å². The van der Waals surface area contributed by atoms with E-state index in [1.54, 1.807) is 17.9 Å². The number of aryl methyl sites for hydroxylation is 1. The molecule has 0 atom stereocenters. The minimum Gasteiger partial charge on any atom is -0.303 e. The minimum atomic E-state index is -0.321. The predicted molar refractivity (Wildman–Crippen MR) is 78.6 cm³/mol. The van der Waals surface area contributed by atoms with Gasteiger partial charge in [0.1, 0.15) is 0 Å². The number of hydrogen-bond acceptors (Lipinski definition) is 3. The van der Waals surface area contributed by atoms with Crippen molar-refractivity contribution in [1.82, 2.24) is 18.9 Å². The largest absolute Gasteiger partial charge is 0.331 e. The summed E-state index contributed by atoms with van der Waals surface area (Å²) in [4.78, 5) is 23.7. The average Bonchev–Trinajstić information content (AvgIpc) is 3.03. The molecule has 3 aromatic rings. The van der Waals surface area contributed by atoms with Crippen LogP contribution in [0.2, 0.25) is 0 Å². The van der Waals surface area contributed by atoms with Crippen LogP contribution in [0.4, 0.5) is 0 Å². The molecule has 6 heteroatoms. The van der Waals surface area contributed by atoms with E-state index in [9.17, 15) is 9.59 Å². The van der Waals surface area contributed by atoms with Gasteiger partial charge in [-0.15, -0.1) is 0 Å². The molecule has 21 heavy (non-hydrogen) atoms. The molecule has 3 rings (SSSR count). The van der Waals surface area contributed by atoms with Gasteiger partial charge in [0.05, 0.1) is 12.2 Å². The zero-order valence-corrected chi connectivity index (χ0v) is 11.5. The molecule has 0 radical (unpaired) electrons. The van der Waals surface area contributed by atoms with Crippen LogP contribution in [0.3, 0.4) is 0 Å². The first-order valence-corrected chi connectivity index (χ1v) is 6.50. The van der Waals surface area contributed by atoms with Gasteiger partial charge < -0.3 is 4.57 Å². The highest BCUT2D eigenvalue weighted by molar-refractivity contribution is 5.33. The summed E-state index contributed by atoms with van der Waals surface area (Å²) in [6, 6.07) is 10.8. The monoisotopic (exact) mass is 282 g/mol. The van der Waals surface area contributed by atoms with Crippen LogP contribution >= 0.6 is 0 Å². The maximum absolute atomic E-state index is 12.0. The van der Waals surface area contributed by atoms with Gasteiger partial charge >= 0.3 is 5.69 Å². The van der Waals surface area contributed by atoms with Gasteiger partial charge in [-0.25, -0.2) is 9.48 Å². The van der Waals surface area contributed by atoms with Crippen LogP contribution in [0.5, 0.6) is 0 Å². The summed E-state index contributed by atoms with van der Waals surface area (Å²) in [6.07, 6.45) is 5.04. The Morgan fingerprint density at radius 3 is 2.48 bits per heavy atom. The topological polar surface area (TPSA) is 61.8 Å². The molecule has 0 unspecified atom stereocenters. The number of hydrogen-bond donors (Lipinski definition) is 0. The molecular formula is C15H14N4O2. The van der Waals surface area contributed by atoms with Crippen molar-refractivity contribution in [2.45, 2.75) is 6.54 Å². The van der Waals surface area contributed by atoms with E-state index in [1.807, 2.05) is 36.5 Å². The van der Waals surface area contributed by atoms with Crippen LogP contribution in [-0.2, 0) is 13.6 Å². The Morgan fingerprint density at radius 2 is 1.81 bits per heavy atom. The average molecular weight is 282 g/mol. The van der Waals surface area contributed by atoms with Gasteiger partial charge in [-0.2, -0.15) is 5.10 Å². The molecule has 0 aliphatic carbocycles. The summed E-state index contributed by atoms with van der Waals surface area (Å²) in [5.74, 6) is 0. The molecule has 6 nitrogen and oxygen atoms in total. The van der Waals surface area contributed by atoms with Gasteiger partial charge in [0.2, 0.25) is 0 Å². The molecule has 0 N–H and O–H groups in total. The van der Waals surface area contributed by atoms with Crippen molar-refractivity contribution in [1.29, 1.82) is 0 Å². The molecule has 0 amide bonds. The SMILES string of the molecule is Cn1ccc(=O)n(Cc2ccc(-n3cccn3)cc2)c1=O. The van der Waals surface area contributed by atoms with Crippen molar-refractivity contribution in [3.63, 3.8) is 0 Å². The second-order valence-electron chi connectivity index (χ2n) is 4.75. The zero-order valence-electron chi connectivity index (χ0n) is 11.5. The van der Waals surface area contributed by atoms with E-state index >= 15 is 0 Å². The molecule has 2 aromatic heterocycles. The third kappa shape index (κ3) is 2.55. The first-order chi connectivity index (χ1) is 10.1. The molecule has 1 aromatic carbocycles. The highest BCUT2D eigenvalue weighted by Gasteiger charge is 2.04. The summed E-state index contributed by atoms with van der Waals surface area (Å²) < 4.78 is 4.35. The van der Waals surface area contributed by atoms with E-state index in [2.05, 4.69) is 5.10 Å². The molecule has 0 saturated heterocycles. The lowest BCUT2D eigenvalue weighted by Crippen LogP contribution is -2.38. The Balaban J connectivity index is 1.92. The molecule has 0 aliphatic heterocycles. The zero-order chi connectivity index (χ0) is 14.8. The van der Waals surface area contributed by atoms with Gasteiger partial charge in [0.15, 0.2) is 0 Å². The molecule has 2 heterocycles. The lowest BCUT2D eigenvalue weighted by molar-refractivity contribution is 0.639. The Kier molecular flexibility index (Phi) is 3.27. The third-order valence-electron chi connectivity index (χ3n) is 3.29. The number of nitrogens with zero attached hydrogens (tertiary/aromatic N) is 4. The van der Waals surface area contributed by atoms with Gasteiger partial charge in [0, 0.05) is 31.7 Å². The molecular weight excluding hydrogens is 268 g/mol. The standard InChI is InChI=1S/C15H14N4O2/c1-17-10-7-14(20)18(15(17)21)11-12-3-5-13(6-4-12)19-9-2-8-16-19/h2-10H,11H2,1H3. The second kappa shape index (κ2) is 5.24. The van der Waals surface area contributed by atoms with Gasteiger partial charge in [-0.1, -0.05) is 12.1 Å². The van der Waals surface area contributed by atoms with Gasteiger partial charge in [-0.3, -0.25) is 9.36 Å². The summed E-state index contributed by atoms with van der Waals surface area (Å²) in [5.41, 5.74) is 1.20. The number of rotatable bonds is 3. The smallest absolute Gasteiger partial charge is 0.303 e. The predicted octanol–water partition coefficient (Wildman–Crippen LogP) is 0.781.